The summed E-state index contributed by atoms with van der Waals surface area (Å²) in [6, 6.07) is 2.89. The first-order valence-corrected chi connectivity index (χ1v) is 7.47. The first-order valence-electron chi connectivity index (χ1n) is 5.99. The zero-order chi connectivity index (χ0) is 13.9. The lowest BCUT2D eigenvalue weighted by Gasteiger charge is -2.30. The van der Waals surface area contributed by atoms with Gasteiger partial charge in [-0.1, -0.05) is 0 Å². The van der Waals surface area contributed by atoms with Crippen LogP contribution in [0.3, 0.4) is 0 Å². The van der Waals surface area contributed by atoms with E-state index in [2.05, 4.69) is 14.6 Å². The lowest BCUT2D eigenvalue weighted by atomic mass is 10.3. The molecular formula is C11H18N4O3S. The van der Waals surface area contributed by atoms with Crippen LogP contribution in [-0.2, 0) is 14.8 Å². The molecule has 19 heavy (non-hydrogen) atoms. The molecule has 0 spiro atoms. The van der Waals surface area contributed by atoms with Crippen molar-refractivity contribution in [1.29, 1.82) is 0 Å². The van der Waals surface area contributed by atoms with E-state index in [0.717, 1.165) is 6.54 Å². The third-order valence-corrected chi connectivity index (χ3v) is 4.32. The molecule has 1 aliphatic heterocycles. The molecule has 0 aromatic carbocycles. The molecular weight excluding hydrogens is 268 g/mol. The number of likely N-dealkylation sites (N-methyl/N-ethyl adjacent to an activating group) is 1. The maximum Gasteiger partial charge on any atom is 0.242 e. The number of aromatic nitrogens is 1. The van der Waals surface area contributed by atoms with Crippen LogP contribution in [0, 0.1) is 0 Å². The number of nitrogens with zero attached hydrogens (tertiary/aromatic N) is 2. The normalized spacial score (nSPS) is 21.4. The molecule has 1 aliphatic rings. The number of morpholine rings is 1. The minimum absolute atomic E-state index is 0.103. The molecule has 1 saturated heterocycles. The number of hydrogen-bond acceptors (Lipinski definition) is 6. The van der Waals surface area contributed by atoms with Gasteiger partial charge in [-0.3, -0.25) is 0 Å². The van der Waals surface area contributed by atoms with Crippen molar-refractivity contribution in [2.24, 2.45) is 0 Å². The summed E-state index contributed by atoms with van der Waals surface area (Å²) in [5.74, 6) is 0.288. The Balaban J connectivity index is 1.96. The van der Waals surface area contributed by atoms with E-state index in [1.165, 1.54) is 18.3 Å². The average Bonchev–Trinajstić information content (AvgIpc) is 2.37. The van der Waals surface area contributed by atoms with Crippen molar-refractivity contribution in [3.05, 3.63) is 18.3 Å². The molecule has 1 aromatic rings. The number of anilines is 1. The van der Waals surface area contributed by atoms with Gasteiger partial charge in [-0.2, -0.15) is 0 Å². The van der Waals surface area contributed by atoms with Crippen LogP contribution >= 0.6 is 0 Å². The van der Waals surface area contributed by atoms with Crippen molar-refractivity contribution in [3.8, 4) is 0 Å². The Morgan fingerprint density at radius 1 is 1.58 bits per heavy atom. The Morgan fingerprint density at radius 2 is 2.37 bits per heavy atom. The summed E-state index contributed by atoms with van der Waals surface area (Å²) in [4.78, 5) is 5.98. The third kappa shape index (κ3) is 3.87. The molecule has 1 unspecified atom stereocenters. The van der Waals surface area contributed by atoms with Crippen LogP contribution in [0.2, 0.25) is 0 Å². The Bertz CT molecular complexity index is 517. The number of rotatable bonds is 4. The second kappa shape index (κ2) is 5.83. The van der Waals surface area contributed by atoms with E-state index in [9.17, 15) is 8.42 Å². The highest BCUT2D eigenvalue weighted by atomic mass is 32.2. The van der Waals surface area contributed by atoms with Gasteiger partial charge in [0.2, 0.25) is 10.0 Å². The fourth-order valence-electron chi connectivity index (χ4n) is 1.83. The summed E-state index contributed by atoms with van der Waals surface area (Å²) in [5, 5.41) is 0. The zero-order valence-corrected chi connectivity index (χ0v) is 11.6. The second-order valence-corrected chi connectivity index (χ2v) is 6.29. The topological polar surface area (TPSA) is 97.5 Å². The molecule has 2 heterocycles. The van der Waals surface area contributed by atoms with Gasteiger partial charge in [-0.25, -0.2) is 18.1 Å². The van der Waals surface area contributed by atoms with Gasteiger partial charge in [-0.05, 0) is 19.2 Å². The molecule has 0 saturated carbocycles. The lowest BCUT2D eigenvalue weighted by Crippen LogP contribution is -2.45. The Morgan fingerprint density at radius 3 is 3.00 bits per heavy atom. The van der Waals surface area contributed by atoms with Crippen molar-refractivity contribution in [2.45, 2.75) is 11.0 Å². The van der Waals surface area contributed by atoms with Crippen LogP contribution in [0.1, 0.15) is 0 Å². The molecule has 0 radical (unpaired) electrons. The van der Waals surface area contributed by atoms with Crippen molar-refractivity contribution in [1.82, 2.24) is 14.6 Å². The van der Waals surface area contributed by atoms with Crippen LogP contribution in [0.4, 0.5) is 5.82 Å². The zero-order valence-electron chi connectivity index (χ0n) is 10.7. The Labute approximate surface area is 112 Å². The summed E-state index contributed by atoms with van der Waals surface area (Å²) in [6.45, 7) is 2.44. The monoisotopic (exact) mass is 286 g/mol. The van der Waals surface area contributed by atoms with Crippen LogP contribution < -0.4 is 10.5 Å². The number of sulfonamides is 1. The highest BCUT2D eigenvalue weighted by Crippen LogP contribution is 2.09. The van der Waals surface area contributed by atoms with Crippen LogP contribution in [0.15, 0.2) is 23.2 Å². The first-order chi connectivity index (χ1) is 8.97. The molecule has 2 rings (SSSR count). The fourth-order valence-corrected chi connectivity index (χ4v) is 2.84. The predicted molar refractivity (Wildman–Crippen MR) is 71.1 cm³/mol. The highest BCUT2D eigenvalue weighted by Gasteiger charge is 2.21. The number of pyridine rings is 1. The molecule has 1 fully saturated rings. The number of hydrogen-bond donors (Lipinski definition) is 2. The van der Waals surface area contributed by atoms with E-state index in [4.69, 9.17) is 10.5 Å². The smallest absolute Gasteiger partial charge is 0.242 e. The first kappa shape index (κ1) is 14.2. The second-order valence-electron chi connectivity index (χ2n) is 4.53. The quantitative estimate of drug-likeness (QED) is 0.757. The molecule has 106 valence electrons. The van der Waals surface area contributed by atoms with Crippen molar-refractivity contribution >= 4 is 15.8 Å². The van der Waals surface area contributed by atoms with Gasteiger partial charge in [0.25, 0.3) is 0 Å². The van der Waals surface area contributed by atoms with E-state index in [1.54, 1.807) is 0 Å². The van der Waals surface area contributed by atoms with E-state index >= 15 is 0 Å². The molecule has 8 heteroatoms. The lowest BCUT2D eigenvalue weighted by molar-refractivity contribution is -0.0156. The third-order valence-electron chi connectivity index (χ3n) is 2.91. The minimum Gasteiger partial charge on any atom is -0.384 e. The molecule has 0 bridgehead atoms. The van der Waals surface area contributed by atoms with Gasteiger partial charge in [0.05, 0.1) is 12.7 Å². The molecule has 0 amide bonds. The number of nitrogens with one attached hydrogen (secondary N) is 1. The Hall–Kier alpha value is -1.22. The van der Waals surface area contributed by atoms with Crippen molar-refractivity contribution < 1.29 is 13.2 Å². The average molecular weight is 286 g/mol. The van der Waals surface area contributed by atoms with Crippen LogP contribution in [-0.4, -0.2) is 57.7 Å². The van der Waals surface area contributed by atoms with Gasteiger partial charge in [0.1, 0.15) is 10.7 Å². The van der Waals surface area contributed by atoms with Crippen molar-refractivity contribution in [3.63, 3.8) is 0 Å². The minimum atomic E-state index is -3.56. The van der Waals surface area contributed by atoms with Crippen LogP contribution in [0.5, 0.6) is 0 Å². The standard InChI is InChI=1S/C11H18N4O3S/c1-15-4-5-18-9(8-15)6-14-19(16,17)10-2-3-11(12)13-7-10/h2-3,7,9,14H,4-6,8H2,1H3,(H2,12,13). The Kier molecular flexibility index (Phi) is 4.35. The number of nitrogen functional groups attached to an aromatic ring is 1. The largest absolute Gasteiger partial charge is 0.384 e. The fraction of sp³-hybridized carbons (Fsp3) is 0.545. The van der Waals surface area contributed by atoms with Crippen molar-refractivity contribution in [2.75, 3.05) is 39.0 Å². The number of ether oxygens (including phenoxy) is 1. The van der Waals surface area contributed by atoms with E-state index in [-0.39, 0.29) is 23.4 Å². The molecule has 7 nitrogen and oxygen atoms in total. The van der Waals surface area contributed by atoms with Gasteiger partial charge in [-0.15, -0.1) is 0 Å². The summed E-state index contributed by atoms with van der Waals surface area (Å²) >= 11 is 0. The van der Waals surface area contributed by atoms with Gasteiger partial charge >= 0.3 is 0 Å². The van der Waals surface area contributed by atoms with E-state index in [0.29, 0.717) is 13.2 Å². The van der Waals surface area contributed by atoms with E-state index < -0.39 is 10.0 Å². The van der Waals surface area contributed by atoms with Gasteiger partial charge < -0.3 is 15.4 Å². The van der Waals surface area contributed by atoms with Gasteiger partial charge in [0.15, 0.2) is 0 Å². The van der Waals surface area contributed by atoms with Gasteiger partial charge in [0, 0.05) is 25.8 Å². The molecule has 0 aliphatic carbocycles. The predicted octanol–water partition coefficient (Wildman–Crippen LogP) is -0.727. The summed E-state index contributed by atoms with van der Waals surface area (Å²) < 4.78 is 32.0. The summed E-state index contributed by atoms with van der Waals surface area (Å²) in [5.41, 5.74) is 5.42. The van der Waals surface area contributed by atoms with E-state index in [1.807, 2.05) is 7.05 Å². The summed E-state index contributed by atoms with van der Waals surface area (Å²) in [6.07, 6.45) is 1.11. The SMILES string of the molecule is CN1CCOC(CNS(=O)(=O)c2ccc(N)nc2)C1. The number of nitrogens with two attached hydrogens (primary N) is 1. The molecule has 1 atom stereocenters. The maximum atomic E-state index is 12.0. The molecule has 3 N–H and O–H groups in total. The summed E-state index contributed by atoms with van der Waals surface area (Å²) in [7, 11) is -1.58. The highest BCUT2D eigenvalue weighted by molar-refractivity contribution is 7.89. The maximum absolute atomic E-state index is 12.0. The molecule has 1 aromatic heterocycles. The van der Waals surface area contributed by atoms with Crippen LogP contribution in [0.25, 0.3) is 0 Å².